The summed E-state index contributed by atoms with van der Waals surface area (Å²) in [5.74, 6) is 1.49. The zero-order chi connectivity index (χ0) is 15.5. The van der Waals surface area contributed by atoms with Crippen LogP contribution in [0.15, 0.2) is 24.3 Å². The van der Waals surface area contributed by atoms with Gasteiger partial charge in [-0.1, -0.05) is 18.6 Å². The smallest absolute Gasteiger partial charge is 0.306 e. The van der Waals surface area contributed by atoms with E-state index in [1.54, 1.807) is 0 Å². The fourth-order valence-electron chi connectivity index (χ4n) is 3.97. The highest BCUT2D eigenvalue weighted by atomic mass is 16.5. The van der Waals surface area contributed by atoms with E-state index in [2.05, 4.69) is 5.32 Å². The minimum atomic E-state index is -0.285. The molecule has 2 bridgehead atoms. The summed E-state index contributed by atoms with van der Waals surface area (Å²) < 4.78 is 5.12. The number of carbonyl (C=O) groups is 2. The molecule has 2 aliphatic carbocycles. The van der Waals surface area contributed by atoms with Gasteiger partial charge in [-0.2, -0.15) is 0 Å². The number of anilines is 1. The van der Waals surface area contributed by atoms with Crippen molar-refractivity contribution >= 4 is 17.6 Å². The molecule has 22 heavy (non-hydrogen) atoms. The lowest BCUT2D eigenvalue weighted by Gasteiger charge is -2.20. The van der Waals surface area contributed by atoms with Gasteiger partial charge in [0.1, 0.15) is 0 Å². The standard InChI is InChI=1S/C18H23NO3/c1-12-3-2-4-16(7-12)19-17(20)11-22-18(21)10-15-9-13-5-6-14(15)8-13/h2-4,7,13-15H,5-6,8-11H2,1H3,(H,19,20)/t13-,14-,15-/m1/s1. The van der Waals surface area contributed by atoms with Crippen molar-refractivity contribution in [2.24, 2.45) is 17.8 Å². The molecule has 0 unspecified atom stereocenters. The molecule has 0 spiro atoms. The van der Waals surface area contributed by atoms with Crippen LogP contribution in [0.4, 0.5) is 5.69 Å². The average molecular weight is 301 g/mol. The van der Waals surface area contributed by atoms with E-state index in [-0.39, 0.29) is 18.5 Å². The molecule has 118 valence electrons. The molecule has 2 fully saturated rings. The summed E-state index contributed by atoms with van der Waals surface area (Å²) in [4.78, 5) is 23.7. The van der Waals surface area contributed by atoms with Crippen molar-refractivity contribution in [3.8, 4) is 0 Å². The first kappa shape index (κ1) is 15.1. The number of benzene rings is 1. The first-order chi connectivity index (χ1) is 10.6. The average Bonchev–Trinajstić information content (AvgIpc) is 3.08. The maximum atomic E-state index is 11.9. The van der Waals surface area contributed by atoms with Crippen LogP contribution in [0.5, 0.6) is 0 Å². The van der Waals surface area contributed by atoms with Gasteiger partial charge in [0.2, 0.25) is 0 Å². The maximum Gasteiger partial charge on any atom is 0.306 e. The number of aryl methyl sites for hydroxylation is 1. The van der Waals surface area contributed by atoms with E-state index in [4.69, 9.17) is 4.74 Å². The monoisotopic (exact) mass is 301 g/mol. The Hall–Kier alpha value is -1.84. The molecule has 1 aromatic rings. The number of hydrogen-bond donors (Lipinski definition) is 1. The Kier molecular flexibility index (Phi) is 4.46. The van der Waals surface area contributed by atoms with E-state index in [1.807, 2.05) is 31.2 Å². The molecule has 3 rings (SSSR count). The number of hydrogen-bond acceptors (Lipinski definition) is 3. The van der Waals surface area contributed by atoms with Crippen LogP contribution in [-0.4, -0.2) is 18.5 Å². The third-order valence-electron chi connectivity index (χ3n) is 4.98. The van der Waals surface area contributed by atoms with Crippen LogP contribution in [0.25, 0.3) is 0 Å². The van der Waals surface area contributed by atoms with Crippen molar-refractivity contribution in [1.82, 2.24) is 0 Å². The Morgan fingerprint density at radius 1 is 1.27 bits per heavy atom. The largest absolute Gasteiger partial charge is 0.456 e. The first-order valence-corrected chi connectivity index (χ1v) is 8.12. The van der Waals surface area contributed by atoms with Crippen LogP contribution in [0, 0.1) is 24.7 Å². The molecule has 0 aromatic heterocycles. The van der Waals surface area contributed by atoms with Crippen LogP contribution in [-0.2, 0) is 14.3 Å². The topological polar surface area (TPSA) is 55.4 Å². The molecule has 2 saturated carbocycles. The van der Waals surface area contributed by atoms with Gasteiger partial charge < -0.3 is 10.1 Å². The van der Waals surface area contributed by atoms with Gasteiger partial charge in [0, 0.05) is 12.1 Å². The number of fused-ring (bicyclic) bond motifs is 2. The molecule has 0 heterocycles. The molecule has 1 amide bonds. The quantitative estimate of drug-likeness (QED) is 0.849. The Bertz CT molecular complexity index is 569. The van der Waals surface area contributed by atoms with Crippen LogP contribution in [0.3, 0.4) is 0 Å². The van der Waals surface area contributed by atoms with Crippen molar-refractivity contribution in [1.29, 1.82) is 0 Å². The summed E-state index contributed by atoms with van der Waals surface area (Å²) in [5, 5.41) is 2.74. The van der Waals surface area contributed by atoms with Gasteiger partial charge in [-0.25, -0.2) is 0 Å². The van der Waals surface area contributed by atoms with Gasteiger partial charge in [0.25, 0.3) is 5.91 Å². The second-order valence-corrected chi connectivity index (χ2v) is 6.72. The predicted molar refractivity (Wildman–Crippen MR) is 84.3 cm³/mol. The molecule has 0 aliphatic heterocycles. The number of rotatable bonds is 5. The maximum absolute atomic E-state index is 11.9. The molecule has 0 saturated heterocycles. The highest BCUT2D eigenvalue weighted by Crippen LogP contribution is 2.49. The van der Waals surface area contributed by atoms with Crippen LogP contribution < -0.4 is 5.32 Å². The van der Waals surface area contributed by atoms with Gasteiger partial charge in [-0.3, -0.25) is 9.59 Å². The molecular weight excluding hydrogens is 278 g/mol. The summed E-state index contributed by atoms with van der Waals surface area (Å²) in [6, 6.07) is 7.55. The second-order valence-electron chi connectivity index (χ2n) is 6.72. The molecule has 0 radical (unpaired) electrons. The molecule has 4 nitrogen and oxygen atoms in total. The Balaban J connectivity index is 1.40. The van der Waals surface area contributed by atoms with Crippen molar-refractivity contribution in [2.45, 2.75) is 39.0 Å². The fourth-order valence-corrected chi connectivity index (χ4v) is 3.97. The minimum absolute atomic E-state index is 0.201. The third-order valence-corrected chi connectivity index (χ3v) is 4.98. The number of carbonyl (C=O) groups excluding carboxylic acids is 2. The zero-order valence-electron chi connectivity index (χ0n) is 13.0. The molecule has 3 atom stereocenters. The molecular formula is C18H23NO3. The van der Waals surface area contributed by atoms with E-state index in [0.717, 1.165) is 23.6 Å². The summed E-state index contributed by atoms with van der Waals surface area (Å²) in [7, 11) is 0. The van der Waals surface area contributed by atoms with Gasteiger partial charge in [0.05, 0.1) is 0 Å². The summed E-state index contributed by atoms with van der Waals surface area (Å²) in [6.45, 7) is 1.76. The molecule has 2 aliphatic rings. The van der Waals surface area contributed by atoms with Gasteiger partial charge in [-0.05, 0) is 61.6 Å². The summed E-state index contributed by atoms with van der Waals surface area (Å²) in [6.07, 6.45) is 5.51. The normalized spacial score (nSPS) is 26.0. The van der Waals surface area contributed by atoms with Crippen LogP contribution in [0.2, 0.25) is 0 Å². The van der Waals surface area contributed by atoms with Gasteiger partial charge >= 0.3 is 5.97 Å². The zero-order valence-corrected chi connectivity index (χ0v) is 13.0. The number of amides is 1. The fraction of sp³-hybridized carbons (Fsp3) is 0.556. The van der Waals surface area contributed by atoms with Crippen molar-refractivity contribution in [3.63, 3.8) is 0 Å². The van der Waals surface area contributed by atoms with Gasteiger partial charge in [0.15, 0.2) is 6.61 Å². The highest BCUT2D eigenvalue weighted by Gasteiger charge is 2.40. The number of nitrogens with one attached hydrogen (secondary N) is 1. The van der Waals surface area contributed by atoms with E-state index < -0.39 is 0 Å². The van der Waals surface area contributed by atoms with E-state index in [0.29, 0.717) is 18.3 Å². The lowest BCUT2D eigenvalue weighted by molar-refractivity contribution is -0.148. The summed E-state index contributed by atoms with van der Waals surface area (Å²) >= 11 is 0. The van der Waals surface area contributed by atoms with E-state index in [1.165, 1.54) is 19.3 Å². The second kappa shape index (κ2) is 6.51. The third kappa shape index (κ3) is 3.67. The van der Waals surface area contributed by atoms with Crippen molar-refractivity contribution < 1.29 is 14.3 Å². The molecule has 1 aromatic carbocycles. The lowest BCUT2D eigenvalue weighted by Crippen LogP contribution is -2.23. The Morgan fingerprint density at radius 3 is 2.82 bits per heavy atom. The van der Waals surface area contributed by atoms with E-state index >= 15 is 0 Å². The lowest BCUT2D eigenvalue weighted by atomic mass is 9.86. The van der Waals surface area contributed by atoms with Gasteiger partial charge in [-0.15, -0.1) is 0 Å². The minimum Gasteiger partial charge on any atom is -0.456 e. The van der Waals surface area contributed by atoms with Crippen molar-refractivity contribution in [3.05, 3.63) is 29.8 Å². The Labute approximate surface area is 131 Å². The first-order valence-electron chi connectivity index (χ1n) is 8.12. The SMILES string of the molecule is Cc1cccc(NC(=O)COC(=O)C[C@H]2C[C@@H]3CC[C@@H]2C3)c1. The van der Waals surface area contributed by atoms with Crippen LogP contribution >= 0.6 is 0 Å². The molecule has 1 N–H and O–H groups in total. The van der Waals surface area contributed by atoms with Crippen LogP contribution in [0.1, 0.15) is 37.7 Å². The van der Waals surface area contributed by atoms with Crippen molar-refractivity contribution in [2.75, 3.05) is 11.9 Å². The molecule has 4 heteroatoms. The summed E-state index contributed by atoms with van der Waals surface area (Å²) in [5.41, 5.74) is 1.81. The Morgan fingerprint density at radius 2 is 2.14 bits per heavy atom. The number of esters is 1. The highest BCUT2D eigenvalue weighted by molar-refractivity contribution is 5.92. The van der Waals surface area contributed by atoms with E-state index in [9.17, 15) is 9.59 Å². The number of ether oxygens (including phenoxy) is 1. The predicted octanol–water partition coefficient (Wildman–Crippen LogP) is 3.30.